The quantitative estimate of drug-likeness (QED) is 0.693. The van der Waals surface area contributed by atoms with E-state index in [0.29, 0.717) is 11.6 Å². The molecule has 0 spiro atoms. The first-order valence-corrected chi connectivity index (χ1v) is 8.62. The summed E-state index contributed by atoms with van der Waals surface area (Å²) in [5.41, 5.74) is 7.58. The van der Waals surface area contributed by atoms with Crippen molar-refractivity contribution in [2.45, 2.75) is 24.4 Å². The molecule has 0 aliphatic rings. The van der Waals surface area contributed by atoms with Crippen LogP contribution in [-0.2, 0) is 12.3 Å². The van der Waals surface area contributed by atoms with Crippen molar-refractivity contribution in [1.82, 2.24) is 19.7 Å². The predicted octanol–water partition coefficient (Wildman–Crippen LogP) is 3.24. The summed E-state index contributed by atoms with van der Waals surface area (Å²) in [6, 6.07) is 13.5. The van der Waals surface area contributed by atoms with E-state index >= 15 is 0 Å². The number of aromatic nitrogens is 4. The lowest BCUT2D eigenvalue weighted by molar-refractivity contribution is 0.416. The summed E-state index contributed by atoms with van der Waals surface area (Å²) in [6.45, 7) is 2.85. The number of methoxy groups -OCH3 is 1. The molecule has 0 aliphatic heterocycles. The van der Waals surface area contributed by atoms with Crippen molar-refractivity contribution in [3.8, 4) is 17.1 Å². The molecule has 3 aromatic rings. The van der Waals surface area contributed by atoms with Crippen molar-refractivity contribution in [2.24, 2.45) is 0 Å². The molecule has 2 N–H and O–H groups in total. The Morgan fingerprint density at radius 1 is 1.12 bits per heavy atom. The summed E-state index contributed by atoms with van der Waals surface area (Å²) < 4.78 is 7.52. The van der Waals surface area contributed by atoms with Gasteiger partial charge in [0.1, 0.15) is 11.6 Å². The van der Waals surface area contributed by atoms with Gasteiger partial charge >= 0.3 is 0 Å². The van der Waals surface area contributed by atoms with E-state index in [-0.39, 0.29) is 0 Å². The number of rotatable bonds is 6. The summed E-state index contributed by atoms with van der Waals surface area (Å²) in [5, 5.41) is 9.55. The highest BCUT2D eigenvalue weighted by atomic mass is 32.2. The summed E-state index contributed by atoms with van der Waals surface area (Å²) >= 11 is 1.59. The van der Waals surface area contributed by atoms with E-state index in [1.807, 2.05) is 36.4 Å². The Bertz CT molecular complexity index is 833. The van der Waals surface area contributed by atoms with E-state index in [1.165, 1.54) is 0 Å². The highest BCUT2D eigenvalue weighted by Gasteiger charge is 2.16. The van der Waals surface area contributed by atoms with E-state index in [2.05, 4.69) is 26.7 Å². The Kier molecular flexibility index (Phi) is 5.00. The van der Waals surface area contributed by atoms with Crippen LogP contribution in [0.2, 0.25) is 0 Å². The zero-order valence-electron chi connectivity index (χ0n) is 13.6. The third kappa shape index (κ3) is 3.35. The van der Waals surface area contributed by atoms with Crippen molar-refractivity contribution < 1.29 is 4.74 Å². The molecule has 0 amide bonds. The molecule has 0 saturated heterocycles. The highest BCUT2D eigenvalue weighted by Crippen LogP contribution is 2.31. The molecule has 0 bridgehead atoms. The van der Waals surface area contributed by atoms with Crippen LogP contribution in [0.3, 0.4) is 0 Å². The van der Waals surface area contributed by atoms with Gasteiger partial charge in [-0.25, -0.2) is 4.98 Å². The lowest BCUT2D eigenvalue weighted by Crippen LogP contribution is -2.01. The Labute approximate surface area is 145 Å². The van der Waals surface area contributed by atoms with Gasteiger partial charge < -0.3 is 15.0 Å². The molecule has 2 heterocycles. The molecule has 0 saturated carbocycles. The lowest BCUT2D eigenvalue weighted by atomic mass is 10.2. The van der Waals surface area contributed by atoms with Crippen LogP contribution in [0.25, 0.3) is 11.4 Å². The van der Waals surface area contributed by atoms with Crippen LogP contribution in [0.1, 0.15) is 12.6 Å². The van der Waals surface area contributed by atoms with E-state index in [1.54, 1.807) is 24.9 Å². The molecule has 0 fully saturated rings. The van der Waals surface area contributed by atoms with Crippen LogP contribution in [0, 0.1) is 0 Å². The number of nitrogens with zero attached hydrogens (tertiary/aromatic N) is 4. The number of nitrogens with two attached hydrogens (primary N) is 1. The van der Waals surface area contributed by atoms with Crippen LogP contribution >= 0.6 is 11.8 Å². The molecule has 0 unspecified atom stereocenters. The number of anilines is 1. The van der Waals surface area contributed by atoms with Gasteiger partial charge in [0.05, 0.1) is 18.4 Å². The average molecular weight is 341 g/mol. The topological polar surface area (TPSA) is 78.9 Å². The van der Waals surface area contributed by atoms with Crippen LogP contribution in [0.4, 0.5) is 5.82 Å². The van der Waals surface area contributed by atoms with Gasteiger partial charge in [0.2, 0.25) is 0 Å². The van der Waals surface area contributed by atoms with Crippen LogP contribution in [-0.4, -0.2) is 26.9 Å². The molecular weight excluding hydrogens is 322 g/mol. The van der Waals surface area contributed by atoms with Crippen LogP contribution in [0.15, 0.2) is 47.6 Å². The molecule has 3 rings (SSSR count). The first-order chi connectivity index (χ1) is 11.7. The minimum atomic E-state index is 0.528. The Balaban J connectivity index is 1.87. The molecule has 7 heteroatoms. The Morgan fingerprint density at radius 2 is 1.96 bits per heavy atom. The maximum absolute atomic E-state index is 5.73. The van der Waals surface area contributed by atoms with Gasteiger partial charge in [-0.1, -0.05) is 30.0 Å². The van der Waals surface area contributed by atoms with Crippen LogP contribution in [0.5, 0.6) is 5.75 Å². The monoisotopic (exact) mass is 341 g/mol. The van der Waals surface area contributed by atoms with Crippen molar-refractivity contribution in [1.29, 1.82) is 0 Å². The number of nitrogen functional groups attached to an aromatic ring is 1. The minimum Gasteiger partial charge on any atom is -0.496 e. The second-order valence-electron chi connectivity index (χ2n) is 5.09. The number of thioether (sulfide) groups is 1. The molecule has 0 radical (unpaired) electrons. The smallest absolute Gasteiger partial charge is 0.191 e. The molecular formula is C17H19N5OS. The number of hydrogen-bond acceptors (Lipinski definition) is 6. The van der Waals surface area contributed by atoms with Crippen molar-refractivity contribution in [3.05, 3.63) is 48.2 Å². The van der Waals surface area contributed by atoms with Gasteiger partial charge in [-0.15, -0.1) is 10.2 Å². The third-order valence-electron chi connectivity index (χ3n) is 3.56. The normalized spacial score (nSPS) is 10.8. The standard InChI is InChI=1S/C17H19N5OS/c1-3-22-16(13-8-4-5-9-14(13)23-2)20-21-17(22)24-11-12-7-6-10-15(18)19-12/h4-10H,3,11H2,1-2H3,(H2,18,19). The Morgan fingerprint density at radius 3 is 2.71 bits per heavy atom. The van der Waals surface area contributed by atoms with E-state index in [0.717, 1.165) is 34.5 Å². The molecule has 0 aliphatic carbocycles. The average Bonchev–Trinajstić information content (AvgIpc) is 3.02. The summed E-state index contributed by atoms with van der Waals surface area (Å²) in [4.78, 5) is 4.32. The Hall–Kier alpha value is -2.54. The first kappa shape index (κ1) is 16.3. The zero-order chi connectivity index (χ0) is 16.9. The van der Waals surface area contributed by atoms with Crippen molar-refractivity contribution >= 4 is 17.6 Å². The SMILES string of the molecule is CCn1c(SCc2cccc(N)n2)nnc1-c1ccccc1OC. The number of pyridine rings is 1. The fourth-order valence-corrected chi connectivity index (χ4v) is 3.33. The highest BCUT2D eigenvalue weighted by molar-refractivity contribution is 7.98. The van der Waals surface area contributed by atoms with E-state index < -0.39 is 0 Å². The fourth-order valence-electron chi connectivity index (χ4n) is 2.43. The summed E-state index contributed by atoms with van der Waals surface area (Å²) in [7, 11) is 1.66. The first-order valence-electron chi connectivity index (χ1n) is 7.63. The second kappa shape index (κ2) is 7.35. The minimum absolute atomic E-state index is 0.528. The second-order valence-corrected chi connectivity index (χ2v) is 6.04. The third-order valence-corrected chi connectivity index (χ3v) is 4.56. The largest absolute Gasteiger partial charge is 0.496 e. The van der Waals surface area contributed by atoms with E-state index in [4.69, 9.17) is 10.5 Å². The number of ether oxygens (including phenoxy) is 1. The van der Waals surface area contributed by atoms with Gasteiger partial charge in [0, 0.05) is 12.3 Å². The molecule has 6 nitrogen and oxygen atoms in total. The summed E-state index contributed by atoms with van der Waals surface area (Å²) in [6.07, 6.45) is 0. The van der Waals surface area contributed by atoms with Gasteiger partial charge in [0.15, 0.2) is 11.0 Å². The van der Waals surface area contributed by atoms with Crippen LogP contribution < -0.4 is 10.5 Å². The van der Waals surface area contributed by atoms with Gasteiger partial charge in [0.25, 0.3) is 0 Å². The molecule has 24 heavy (non-hydrogen) atoms. The zero-order valence-corrected chi connectivity index (χ0v) is 14.5. The predicted molar refractivity (Wildman–Crippen MR) is 95.9 cm³/mol. The number of benzene rings is 1. The van der Waals surface area contributed by atoms with Gasteiger partial charge in [-0.05, 0) is 31.2 Å². The molecule has 2 aromatic heterocycles. The summed E-state index contributed by atoms with van der Waals surface area (Å²) in [5.74, 6) is 2.81. The van der Waals surface area contributed by atoms with Crippen molar-refractivity contribution in [3.63, 3.8) is 0 Å². The van der Waals surface area contributed by atoms with E-state index in [9.17, 15) is 0 Å². The maximum Gasteiger partial charge on any atom is 0.191 e. The van der Waals surface area contributed by atoms with Gasteiger partial charge in [-0.2, -0.15) is 0 Å². The maximum atomic E-state index is 5.73. The molecule has 1 aromatic carbocycles. The molecule has 0 atom stereocenters. The fraction of sp³-hybridized carbons (Fsp3) is 0.235. The molecule has 124 valence electrons. The number of para-hydroxylation sites is 1. The number of hydrogen-bond donors (Lipinski definition) is 1. The van der Waals surface area contributed by atoms with Gasteiger partial charge in [-0.3, -0.25) is 0 Å². The van der Waals surface area contributed by atoms with Crippen molar-refractivity contribution in [2.75, 3.05) is 12.8 Å². The lowest BCUT2D eigenvalue weighted by Gasteiger charge is -2.10.